The fraction of sp³-hybridized carbons (Fsp3) is 0.650. The molecular weight excluding hydrogens is 501 g/mol. The molecule has 3 N–H and O–H groups in total. The molecule has 0 fully saturated rings. The van der Waals surface area contributed by atoms with Gasteiger partial charge in [-0.25, -0.2) is 13.4 Å². The van der Waals surface area contributed by atoms with Crippen molar-refractivity contribution < 1.29 is 8.42 Å². The predicted molar refractivity (Wildman–Crippen MR) is 135 cm³/mol. The van der Waals surface area contributed by atoms with Crippen LogP contribution in [0.2, 0.25) is 0 Å². The summed E-state index contributed by atoms with van der Waals surface area (Å²) in [5.41, 5.74) is 1.40. The van der Waals surface area contributed by atoms with Crippen LogP contribution in [0.5, 0.6) is 0 Å². The summed E-state index contributed by atoms with van der Waals surface area (Å²) in [6.45, 7) is 13.0. The van der Waals surface area contributed by atoms with Gasteiger partial charge in [-0.15, -0.1) is 24.0 Å². The molecule has 0 aliphatic carbocycles. The summed E-state index contributed by atoms with van der Waals surface area (Å²) in [7, 11) is -3.32. The van der Waals surface area contributed by atoms with Crippen molar-refractivity contribution in [2.45, 2.75) is 53.1 Å². The van der Waals surface area contributed by atoms with Gasteiger partial charge in [0.2, 0.25) is 10.0 Å². The number of nitrogens with one attached hydrogen (secondary N) is 3. The van der Waals surface area contributed by atoms with Crippen LogP contribution >= 0.6 is 24.0 Å². The fourth-order valence-corrected chi connectivity index (χ4v) is 3.51. The molecule has 0 aromatic heterocycles. The first kappa shape index (κ1) is 27.9. The van der Waals surface area contributed by atoms with Crippen LogP contribution in [-0.4, -0.2) is 57.8 Å². The SMILES string of the molecule is CCNC(=NCc1ccccc1NS(C)(=O)=O)NC(C)CCCN(CC)CC.I. The summed E-state index contributed by atoms with van der Waals surface area (Å²) in [6.07, 6.45) is 3.35. The molecule has 1 rings (SSSR count). The second-order valence-electron chi connectivity index (χ2n) is 6.94. The van der Waals surface area contributed by atoms with Gasteiger partial charge >= 0.3 is 0 Å². The van der Waals surface area contributed by atoms with Crippen LogP contribution in [0.1, 0.15) is 46.1 Å². The van der Waals surface area contributed by atoms with E-state index in [1.807, 2.05) is 25.1 Å². The van der Waals surface area contributed by atoms with Gasteiger partial charge in [0.1, 0.15) is 0 Å². The highest BCUT2D eigenvalue weighted by molar-refractivity contribution is 14.0. The lowest BCUT2D eigenvalue weighted by Crippen LogP contribution is -2.42. The molecule has 0 aliphatic rings. The molecule has 7 nitrogen and oxygen atoms in total. The van der Waals surface area contributed by atoms with Gasteiger partial charge in [-0.2, -0.15) is 0 Å². The average molecular weight is 540 g/mol. The Morgan fingerprint density at radius 1 is 1.17 bits per heavy atom. The molecule has 1 aromatic carbocycles. The van der Waals surface area contributed by atoms with Crippen molar-refractivity contribution in [2.75, 3.05) is 37.2 Å². The third-order valence-electron chi connectivity index (χ3n) is 4.45. The van der Waals surface area contributed by atoms with Crippen LogP contribution in [0.3, 0.4) is 0 Å². The van der Waals surface area contributed by atoms with Gasteiger partial charge in [0.25, 0.3) is 0 Å². The van der Waals surface area contributed by atoms with Gasteiger partial charge in [-0.3, -0.25) is 4.72 Å². The summed E-state index contributed by atoms with van der Waals surface area (Å²) < 4.78 is 25.7. The largest absolute Gasteiger partial charge is 0.357 e. The topological polar surface area (TPSA) is 85.8 Å². The quantitative estimate of drug-likeness (QED) is 0.216. The Morgan fingerprint density at radius 3 is 2.41 bits per heavy atom. The highest BCUT2D eigenvalue weighted by atomic mass is 127. The number of nitrogens with zero attached hydrogens (tertiary/aromatic N) is 2. The first-order chi connectivity index (χ1) is 13.3. The van der Waals surface area contributed by atoms with E-state index in [0.29, 0.717) is 18.3 Å². The highest BCUT2D eigenvalue weighted by Gasteiger charge is 2.09. The maximum absolute atomic E-state index is 11.6. The molecule has 9 heteroatoms. The van der Waals surface area contributed by atoms with Gasteiger partial charge in [-0.05, 0) is 58.0 Å². The maximum Gasteiger partial charge on any atom is 0.229 e. The first-order valence-electron chi connectivity index (χ1n) is 10.1. The third-order valence-corrected chi connectivity index (χ3v) is 5.04. The van der Waals surface area contributed by atoms with E-state index in [2.05, 4.69) is 46.0 Å². The van der Waals surface area contributed by atoms with E-state index in [4.69, 9.17) is 0 Å². The number of sulfonamides is 1. The van der Waals surface area contributed by atoms with Crippen LogP contribution in [0.25, 0.3) is 0 Å². The zero-order valence-electron chi connectivity index (χ0n) is 18.4. The number of benzene rings is 1. The lowest BCUT2D eigenvalue weighted by atomic mass is 10.1. The molecule has 0 heterocycles. The maximum atomic E-state index is 11.6. The number of anilines is 1. The molecule has 1 unspecified atom stereocenters. The van der Waals surface area contributed by atoms with Gasteiger partial charge in [0.05, 0.1) is 18.5 Å². The van der Waals surface area contributed by atoms with Crippen LogP contribution < -0.4 is 15.4 Å². The van der Waals surface area contributed by atoms with E-state index in [-0.39, 0.29) is 24.0 Å². The molecule has 0 radical (unpaired) electrons. The molecule has 29 heavy (non-hydrogen) atoms. The summed E-state index contributed by atoms with van der Waals surface area (Å²) >= 11 is 0. The van der Waals surface area contributed by atoms with Crippen LogP contribution in [-0.2, 0) is 16.6 Å². The molecule has 0 amide bonds. The van der Waals surface area contributed by atoms with Crippen molar-refractivity contribution in [3.63, 3.8) is 0 Å². The van der Waals surface area contributed by atoms with Crippen molar-refractivity contribution in [3.8, 4) is 0 Å². The van der Waals surface area contributed by atoms with Gasteiger partial charge in [0, 0.05) is 12.6 Å². The zero-order chi connectivity index (χ0) is 21.0. The standard InChI is InChI=1S/C20H37N5O2S.HI/c1-6-21-20(23-17(4)12-11-15-25(7-2)8-3)22-16-18-13-9-10-14-19(18)24-28(5,26)27;/h9-10,13-14,17,24H,6-8,11-12,15-16H2,1-5H3,(H2,21,22,23);1H. The van der Waals surface area contributed by atoms with E-state index in [1.54, 1.807) is 6.07 Å². The smallest absolute Gasteiger partial charge is 0.229 e. The number of aliphatic imine (C=N–C) groups is 1. The molecule has 0 saturated heterocycles. The Kier molecular flexibility index (Phi) is 14.3. The second kappa shape index (κ2) is 14.8. The Morgan fingerprint density at radius 2 is 1.83 bits per heavy atom. The second-order valence-corrected chi connectivity index (χ2v) is 8.69. The minimum absolute atomic E-state index is 0. The molecule has 0 bridgehead atoms. The van der Waals surface area contributed by atoms with Crippen LogP contribution in [0.4, 0.5) is 5.69 Å². The Labute approximate surface area is 194 Å². The van der Waals surface area contributed by atoms with E-state index in [9.17, 15) is 8.42 Å². The minimum atomic E-state index is -3.32. The number of hydrogen-bond acceptors (Lipinski definition) is 4. The molecule has 0 aliphatic heterocycles. The number of para-hydroxylation sites is 1. The van der Waals surface area contributed by atoms with Crippen molar-refractivity contribution in [1.29, 1.82) is 0 Å². The monoisotopic (exact) mass is 539 g/mol. The Balaban J connectivity index is 0.00000784. The summed E-state index contributed by atoms with van der Waals surface area (Å²) in [5, 5.41) is 6.71. The fourth-order valence-electron chi connectivity index (χ4n) is 2.91. The number of hydrogen-bond donors (Lipinski definition) is 3. The van der Waals surface area contributed by atoms with Crippen LogP contribution in [0, 0.1) is 0 Å². The van der Waals surface area contributed by atoms with Gasteiger partial charge in [0.15, 0.2) is 5.96 Å². The molecule has 1 atom stereocenters. The normalized spacial score (nSPS) is 13.0. The first-order valence-corrected chi connectivity index (χ1v) is 12.0. The molecule has 0 spiro atoms. The van der Waals surface area contributed by atoms with Crippen molar-refractivity contribution in [2.24, 2.45) is 4.99 Å². The molecule has 168 valence electrons. The lowest BCUT2D eigenvalue weighted by Gasteiger charge is -2.21. The van der Waals surface area contributed by atoms with Crippen LogP contribution in [0.15, 0.2) is 29.3 Å². The number of halogens is 1. The van der Waals surface area contributed by atoms with E-state index < -0.39 is 10.0 Å². The summed E-state index contributed by atoms with van der Waals surface area (Å²) in [5.74, 6) is 0.743. The highest BCUT2D eigenvalue weighted by Crippen LogP contribution is 2.17. The van der Waals surface area contributed by atoms with Gasteiger partial charge < -0.3 is 15.5 Å². The van der Waals surface area contributed by atoms with Gasteiger partial charge in [-0.1, -0.05) is 32.0 Å². The minimum Gasteiger partial charge on any atom is -0.357 e. The summed E-state index contributed by atoms with van der Waals surface area (Å²) in [6, 6.07) is 7.63. The number of guanidine groups is 1. The van der Waals surface area contributed by atoms with Crippen molar-refractivity contribution in [1.82, 2.24) is 15.5 Å². The molecule has 1 aromatic rings. The Bertz CT molecular complexity index is 709. The number of rotatable bonds is 12. The third kappa shape index (κ3) is 12.3. The summed E-state index contributed by atoms with van der Waals surface area (Å²) in [4.78, 5) is 7.07. The lowest BCUT2D eigenvalue weighted by molar-refractivity contribution is 0.292. The Hall–Kier alpha value is -1.07. The van der Waals surface area contributed by atoms with Crippen molar-refractivity contribution >= 4 is 45.6 Å². The molecular formula is C20H38IN5O2S. The van der Waals surface area contributed by atoms with Crippen molar-refractivity contribution in [3.05, 3.63) is 29.8 Å². The van der Waals surface area contributed by atoms with E-state index in [0.717, 1.165) is 56.8 Å². The average Bonchev–Trinajstić information content (AvgIpc) is 2.63. The zero-order valence-corrected chi connectivity index (χ0v) is 21.5. The predicted octanol–water partition coefficient (Wildman–Crippen LogP) is 3.24. The van der Waals surface area contributed by atoms with E-state index in [1.165, 1.54) is 0 Å². The molecule has 0 saturated carbocycles. The van der Waals surface area contributed by atoms with E-state index >= 15 is 0 Å².